The van der Waals surface area contributed by atoms with Crippen molar-refractivity contribution in [1.29, 1.82) is 0 Å². The number of nitrogens with one attached hydrogen (secondary N) is 2. The molecule has 176 valence electrons. The van der Waals surface area contributed by atoms with E-state index in [1.54, 1.807) is 14.2 Å². The second kappa shape index (κ2) is 14.6. The van der Waals surface area contributed by atoms with Crippen molar-refractivity contribution in [3.63, 3.8) is 0 Å². The fraction of sp³-hybridized carbons (Fsp3) is 0.625. The van der Waals surface area contributed by atoms with Crippen LogP contribution in [-0.2, 0) is 13.0 Å². The summed E-state index contributed by atoms with van der Waals surface area (Å²) in [6.45, 7) is 8.33. The molecule has 2 rings (SSSR count). The number of methoxy groups -OCH3 is 2. The summed E-state index contributed by atoms with van der Waals surface area (Å²) in [7, 11) is 3.31. The molecule has 1 fully saturated rings. The van der Waals surface area contributed by atoms with Crippen LogP contribution in [0.25, 0.3) is 0 Å². The highest BCUT2D eigenvalue weighted by atomic mass is 127. The summed E-state index contributed by atoms with van der Waals surface area (Å²) < 4.78 is 11.0. The molecule has 1 aromatic carbocycles. The molecule has 0 radical (unpaired) electrons. The predicted molar refractivity (Wildman–Crippen MR) is 139 cm³/mol. The molecule has 1 aromatic rings. The molecule has 31 heavy (non-hydrogen) atoms. The number of aliphatic imine (C=N–C) groups is 1. The molecule has 0 unspecified atom stereocenters. The van der Waals surface area contributed by atoms with Crippen LogP contribution < -0.4 is 20.1 Å². The minimum atomic E-state index is 0. The Labute approximate surface area is 204 Å². The lowest BCUT2D eigenvalue weighted by molar-refractivity contribution is 0.131. The Bertz CT molecular complexity index is 698. The molecule has 0 atom stereocenters. The Morgan fingerprint density at radius 2 is 1.94 bits per heavy atom. The van der Waals surface area contributed by atoms with Gasteiger partial charge in [0.05, 0.1) is 20.8 Å². The molecule has 0 bridgehead atoms. The van der Waals surface area contributed by atoms with Crippen LogP contribution >= 0.6 is 24.0 Å². The monoisotopic (exact) mass is 545 g/mol. The second-order valence-electron chi connectivity index (χ2n) is 8.07. The topological polar surface area (TPSA) is 75.1 Å². The molecule has 0 aliphatic heterocycles. The van der Waals surface area contributed by atoms with Gasteiger partial charge in [0.1, 0.15) is 0 Å². The number of nitrogens with zero attached hydrogens (tertiary/aromatic N) is 1. The van der Waals surface area contributed by atoms with Crippen molar-refractivity contribution in [2.75, 3.05) is 33.9 Å². The van der Waals surface area contributed by atoms with Crippen LogP contribution in [0.4, 0.5) is 0 Å². The van der Waals surface area contributed by atoms with E-state index in [0.29, 0.717) is 18.7 Å². The van der Waals surface area contributed by atoms with Gasteiger partial charge in [0, 0.05) is 25.3 Å². The summed E-state index contributed by atoms with van der Waals surface area (Å²) >= 11 is 0. The first-order chi connectivity index (χ1) is 14.6. The molecular weight excluding hydrogens is 505 g/mol. The van der Waals surface area contributed by atoms with Gasteiger partial charge in [0.2, 0.25) is 0 Å². The minimum absolute atomic E-state index is 0. The van der Waals surface area contributed by atoms with Crippen molar-refractivity contribution < 1.29 is 14.6 Å². The van der Waals surface area contributed by atoms with Gasteiger partial charge in [0.15, 0.2) is 17.5 Å². The van der Waals surface area contributed by atoms with Crippen molar-refractivity contribution in [3.05, 3.63) is 35.9 Å². The van der Waals surface area contributed by atoms with Gasteiger partial charge in [-0.25, -0.2) is 4.99 Å². The number of allylic oxidation sites excluding steroid dienone is 1. The van der Waals surface area contributed by atoms with E-state index < -0.39 is 0 Å². The normalized spacial score (nSPS) is 15.5. The maximum absolute atomic E-state index is 9.56. The van der Waals surface area contributed by atoms with Crippen molar-refractivity contribution in [3.8, 4) is 11.5 Å². The smallest absolute Gasteiger partial charge is 0.191 e. The predicted octanol–water partition coefficient (Wildman–Crippen LogP) is 4.44. The van der Waals surface area contributed by atoms with Crippen LogP contribution in [0.2, 0.25) is 0 Å². The molecule has 0 spiro atoms. The molecular formula is C24H40IN3O3. The minimum Gasteiger partial charge on any atom is -0.493 e. The highest BCUT2D eigenvalue weighted by Gasteiger charge is 2.31. The standard InChI is InChI=1S/C24H39N3O3.HI/c1-5-10-20-15-19(16-21(29-3)22(20)30-4)17-26-23(25-6-2)27-18-24(13-14-28)11-8-7-9-12-24;/h5,15-16,28H,1,6-14,17-18H2,2-4H3,(H2,25,26,27);1H. The maximum atomic E-state index is 9.56. The van der Waals surface area contributed by atoms with Crippen LogP contribution in [-0.4, -0.2) is 45.0 Å². The Balaban J connectivity index is 0.00000480. The number of rotatable bonds is 11. The third kappa shape index (κ3) is 8.18. The van der Waals surface area contributed by atoms with E-state index in [4.69, 9.17) is 14.5 Å². The lowest BCUT2D eigenvalue weighted by Gasteiger charge is -2.37. The van der Waals surface area contributed by atoms with Gasteiger partial charge in [-0.05, 0) is 55.7 Å². The molecule has 0 saturated heterocycles. The van der Waals surface area contributed by atoms with Gasteiger partial charge in [-0.3, -0.25) is 0 Å². The SMILES string of the molecule is C=CCc1cc(CN=C(NCC)NCC2(CCO)CCCCC2)cc(OC)c1OC.I. The van der Waals surface area contributed by atoms with Crippen LogP contribution in [0.3, 0.4) is 0 Å². The summed E-state index contributed by atoms with van der Waals surface area (Å²) in [6, 6.07) is 4.08. The number of aliphatic hydroxyl groups excluding tert-OH is 1. The number of guanidine groups is 1. The summed E-state index contributed by atoms with van der Waals surface area (Å²) in [5.41, 5.74) is 2.27. The summed E-state index contributed by atoms with van der Waals surface area (Å²) in [5, 5.41) is 16.4. The highest BCUT2D eigenvalue weighted by molar-refractivity contribution is 14.0. The molecule has 1 aliphatic carbocycles. The van der Waals surface area contributed by atoms with Crippen molar-refractivity contribution in [1.82, 2.24) is 10.6 Å². The number of benzene rings is 1. The quantitative estimate of drug-likeness (QED) is 0.166. The number of ether oxygens (including phenoxy) is 2. The van der Waals surface area contributed by atoms with Gasteiger partial charge < -0.3 is 25.2 Å². The largest absolute Gasteiger partial charge is 0.493 e. The van der Waals surface area contributed by atoms with Gasteiger partial charge in [-0.15, -0.1) is 30.6 Å². The van der Waals surface area contributed by atoms with E-state index in [0.717, 1.165) is 42.3 Å². The van der Waals surface area contributed by atoms with Gasteiger partial charge in [0.25, 0.3) is 0 Å². The summed E-state index contributed by atoms with van der Waals surface area (Å²) in [4.78, 5) is 4.80. The number of halogens is 1. The number of hydrogen-bond acceptors (Lipinski definition) is 4. The first-order valence-corrected chi connectivity index (χ1v) is 11.1. The van der Waals surface area contributed by atoms with E-state index in [-0.39, 0.29) is 36.0 Å². The van der Waals surface area contributed by atoms with Crippen LogP contribution in [0, 0.1) is 5.41 Å². The average molecular weight is 546 g/mol. The van der Waals surface area contributed by atoms with Crippen molar-refractivity contribution >= 4 is 29.9 Å². The Morgan fingerprint density at radius 1 is 1.19 bits per heavy atom. The van der Waals surface area contributed by atoms with Gasteiger partial charge >= 0.3 is 0 Å². The molecule has 1 aliphatic rings. The molecule has 3 N–H and O–H groups in total. The van der Waals surface area contributed by atoms with Crippen LogP contribution in [0.5, 0.6) is 11.5 Å². The first kappa shape index (κ1) is 27.6. The zero-order chi connectivity index (χ0) is 21.8. The second-order valence-corrected chi connectivity index (χ2v) is 8.07. The van der Waals surface area contributed by atoms with Crippen molar-refractivity contribution in [2.24, 2.45) is 10.4 Å². The van der Waals surface area contributed by atoms with E-state index in [1.807, 2.05) is 12.1 Å². The molecule has 0 heterocycles. The lowest BCUT2D eigenvalue weighted by Crippen LogP contribution is -2.44. The van der Waals surface area contributed by atoms with Crippen molar-refractivity contribution in [2.45, 2.75) is 58.4 Å². The zero-order valence-corrected chi connectivity index (χ0v) is 21.7. The number of aliphatic hydroxyl groups is 1. The molecule has 6 nitrogen and oxygen atoms in total. The van der Waals surface area contributed by atoms with Gasteiger partial charge in [-0.2, -0.15) is 0 Å². The maximum Gasteiger partial charge on any atom is 0.191 e. The highest BCUT2D eigenvalue weighted by Crippen LogP contribution is 2.38. The van der Waals surface area contributed by atoms with E-state index in [9.17, 15) is 5.11 Å². The van der Waals surface area contributed by atoms with E-state index in [2.05, 4.69) is 30.2 Å². The Morgan fingerprint density at radius 3 is 2.52 bits per heavy atom. The summed E-state index contributed by atoms with van der Waals surface area (Å²) in [5.74, 6) is 2.27. The van der Waals surface area contributed by atoms with Gasteiger partial charge in [-0.1, -0.05) is 25.3 Å². The first-order valence-electron chi connectivity index (χ1n) is 11.1. The Kier molecular flexibility index (Phi) is 12.9. The average Bonchev–Trinajstić information content (AvgIpc) is 2.76. The fourth-order valence-electron chi connectivity index (χ4n) is 4.34. The van der Waals surface area contributed by atoms with Crippen LogP contribution in [0.15, 0.2) is 29.8 Å². The number of hydrogen-bond donors (Lipinski definition) is 3. The third-order valence-corrected chi connectivity index (χ3v) is 5.93. The summed E-state index contributed by atoms with van der Waals surface area (Å²) in [6.07, 6.45) is 9.54. The van der Waals surface area contributed by atoms with Crippen LogP contribution in [0.1, 0.15) is 56.6 Å². The molecule has 7 heteroatoms. The fourth-order valence-corrected chi connectivity index (χ4v) is 4.34. The van der Waals surface area contributed by atoms with E-state index >= 15 is 0 Å². The molecule has 1 saturated carbocycles. The Hall–Kier alpha value is -1.48. The molecule has 0 amide bonds. The third-order valence-electron chi connectivity index (χ3n) is 5.93. The molecule has 0 aromatic heterocycles. The lowest BCUT2D eigenvalue weighted by atomic mass is 9.72. The van der Waals surface area contributed by atoms with E-state index in [1.165, 1.54) is 32.1 Å². The zero-order valence-electron chi connectivity index (χ0n) is 19.3.